The van der Waals surface area contributed by atoms with E-state index in [0.717, 1.165) is 37.9 Å². The summed E-state index contributed by atoms with van der Waals surface area (Å²) in [6.45, 7) is 4.60. The van der Waals surface area contributed by atoms with Crippen molar-refractivity contribution in [3.05, 3.63) is 59.7 Å². The molecule has 1 unspecified atom stereocenters. The molecule has 0 saturated carbocycles. The van der Waals surface area contributed by atoms with Crippen LogP contribution in [0.3, 0.4) is 0 Å². The number of hydrogen-bond acceptors (Lipinski definition) is 4. The number of alkyl halides is 2. The molecule has 1 atom stereocenters. The van der Waals surface area contributed by atoms with Crippen LogP contribution in [0.2, 0.25) is 0 Å². The van der Waals surface area contributed by atoms with E-state index in [1.165, 1.54) is 30.5 Å². The van der Waals surface area contributed by atoms with Crippen LogP contribution in [0.25, 0.3) is 0 Å². The lowest BCUT2D eigenvalue weighted by Crippen LogP contribution is -2.34. The van der Waals surface area contributed by atoms with Crippen LogP contribution >= 0.6 is 23.2 Å². The van der Waals surface area contributed by atoms with E-state index in [-0.39, 0.29) is 24.8 Å². The van der Waals surface area contributed by atoms with E-state index >= 15 is 0 Å². The number of halogens is 2. The van der Waals surface area contributed by atoms with Crippen LogP contribution in [0.5, 0.6) is 5.75 Å². The Kier molecular flexibility index (Phi) is 11.4. The number of para-hydroxylation sites is 1. The molecule has 1 aliphatic rings. The minimum Gasteiger partial charge on any atom is -0.494 e. The summed E-state index contributed by atoms with van der Waals surface area (Å²) in [5, 5.41) is 12.3. The third kappa shape index (κ3) is 9.11. The van der Waals surface area contributed by atoms with Gasteiger partial charge >= 0.3 is 5.97 Å². The van der Waals surface area contributed by atoms with Gasteiger partial charge in [0.1, 0.15) is 5.75 Å². The number of carboxylic acid groups (broad SMARTS) is 1. The largest absolute Gasteiger partial charge is 0.494 e. The highest BCUT2D eigenvalue weighted by atomic mass is 35.5. The van der Waals surface area contributed by atoms with E-state index in [0.29, 0.717) is 18.8 Å². The molecule has 1 saturated heterocycles. The molecular weight excluding hydrogens is 511 g/mol. The van der Waals surface area contributed by atoms with E-state index in [4.69, 9.17) is 33.0 Å². The lowest BCUT2D eigenvalue weighted by atomic mass is 9.97. The second kappa shape index (κ2) is 14.5. The molecule has 0 radical (unpaired) electrons. The van der Waals surface area contributed by atoms with Crippen LogP contribution < -0.4 is 15.0 Å². The molecule has 0 spiro atoms. The number of amides is 1. The third-order valence-corrected chi connectivity index (χ3v) is 7.40. The van der Waals surface area contributed by atoms with Gasteiger partial charge in [0, 0.05) is 18.8 Å². The first kappa shape index (κ1) is 29.1. The number of aliphatic carboxylic acids is 1. The van der Waals surface area contributed by atoms with Crippen LogP contribution in [-0.4, -0.2) is 41.0 Å². The van der Waals surface area contributed by atoms with Crippen molar-refractivity contribution in [3.63, 3.8) is 0 Å². The fourth-order valence-corrected chi connectivity index (χ4v) is 4.91. The maximum Gasteiger partial charge on any atom is 0.340 e. The zero-order valence-electron chi connectivity index (χ0n) is 21.6. The molecule has 0 bridgehead atoms. The van der Waals surface area contributed by atoms with E-state index < -0.39 is 10.3 Å². The van der Waals surface area contributed by atoms with Crippen LogP contribution in [0.4, 0.5) is 5.69 Å². The molecule has 2 aromatic carbocycles. The molecule has 2 N–H and O–H groups in total. The lowest BCUT2D eigenvalue weighted by molar-refractivity contribution is -0.138. The van der Waals surface area contributed by atoms with Crippen LogP contribution in [0.15, 0.2) is 48.5 Å². The Balaban J connectivity index is 1.57. The second-order valence-electron chi connectivity index (χ2n) is 9.65. The molecule has 1 aliphatic heterocycles. The molecule has 6 nitrogen and oxygen atoms in total. The fourth-order valence-electron chi connectivity index (χ4n) is 4.64. The molecule has 202 valence electrons. The van der Waals surface area contributed by atoms with Gasteiger partial charge in [0.25, 0.3) is 0 Å². The molecular formula is C29H38Cl2N2O4. The van der Waals surface area contributed by atoms with Gasteiger partial charge in [0.15, 0.2) is 0 Å². The van der Waals surface area contributed by atoms with Crippen molar-refractivity contribution >= 4 is 40.8 Å². The topological polar surface area (TPSA) is 78.9 Å². The van der Waals surface area contributed by atoms with Gasteiger partial charge < -0.3 is 20.1 Å². The summed E-state index contributed by atoms with van der Waals surface area (Å²) in [6.07, 6.45) is 7.52. The van der Waals surface area contributed by atoms with Crippen LogP contribution in [0, 0.1) is 0 Å². The number of carbonyl (C=O) groups is 2. The average Bonchev–Trinajstić information content (AvgIpc) is 2.90. The molecule has 0 aliphatic carbocycles. The highest BCUT2D eigenvalue weighted by Gasteiger charge is 2.32. The Hall–Kier alpha value is -2.44. The molecule has 2 aromatic rings. The van der Waals surface area contributed by atoms with Crippen molar-refractivity contribution in [2.24, 2.45) is 0 Å². The maximum absolute atomic E-state index is 13.1. The van der Waals surface area contributed by atoms with Gasteiger partial charge in [0.2, 0.25) is 10.2 Å². The van der Waals surface area contributed by atoms with Gasteiger partial charge in [-0.3, -0.25) is 4.79 Å². The van der Waals surface area contributed by atoms with E-state index in [9.17, 15) is 9.59 Å². The van der Waals surface area contributed by atoms with Gasteiger partial charge in [-0.15, -0.1) is 0 Å². The number of rotatable bonds is 14. The summed E-state index contributed by atoms with van der Waals surface area (Å²) in [6, 6.07) is 15.9. The Morgan fingerprint density at radius 2 is 1.76 bits per heavy atom. The van der Waals surface area contributed by atoms with Crippen molar-refractivity contribution in [2.45, 2.75) is 75.1 Å². The number of nitrogens with zero attached hydrogens (tertiary/aromatic N) is 1. The zero-order chi connectivity index (χ0) is 26.7. The first-order valence-electron chi connectivity index (χ1n) is 13.3. The smallest absolute Gasteiger partial charge is 0.340 e. The first-order valence-corrected chi connectivity index (χ1v) is 14.0. The molecule has 8 heteroatoms. The highest BCUT2D eigenvalue weighted by Crippen LogP contribution is 2.31. The predicted octanol–water partition coefficient (Wildman–Crippen LogP) is 6.68. The first-order chi connectivity index (χ1) is 17.8. The van der Waals surface area contributed by atoms with Gasteiger partial charge in [0.05, 0.1) is 19.1 Å². The predicted molar refractivity (Wildman–Crippen MR) is 150 cm³/mol. The highest BCUT2D eigenvalue weighted by molar-refractivity contribution is 6.57. The summed E-state index contributed by atoms with van der Waals surface area (Å²) in [4.78, 5) is 26.5. The summed E-state index contributed by atoms with van der Waals surface area (Å²) in [5.74, 6) is -0.617. The van der Waals surface area contributed by atoms with E-state index in [1.807, 2.05) is 24.3 Å². The Morgan fingerprint density at radius 1 is 1.05 bits per heavy atom. The van der Waals surface area contributed by atoms with Crippen molar-refractivity contribution in [1.29, 1.82) is 0 Å². The van der Waals surface area contributed by atoms with Gasteiger partial charge in [-0.1, -0.05) is 73.3 Å². The third-order valence-electron chi connectivity index (χ3n) is 6.70. The van der Waals surface area contributed by atoms with Gasteiger partial charge in [-0.2, -0.15) is 0 Å². The molecule has 1 fully saturated rings. The molecule has 0 aromatic heterocycles. The Morgan fingerprint density at radius 3 is 2.43 bits per heavy atom. The number of hydrogen-bond donors (Lipinski definition) is 2. The summed E-state index contributed by atoms with van der Waals surface area (Å²) in [7, 11) is 0. The maximum atomic E-state index is 13.1. The standard InChI is InChI=1S/C29H38Cl2N2O4/c1-2-3-11-25(24-10-5-6-12-26(24)33-18-7-4-8-19-33)32-27(34)21-22-13-15-23(16-14-22)37-20-9-17-29(30,31)28(35)36/h5-6,10,12-16,25H,2-4,7-9,11,17-21H2,1H3,(H,32,34)(H,35,36). The van der Waals surface area contributed by atoms with Gasteiger partial charge in [-0.05, 0) is 67.9 Å². The average molecular weight is 550 g/mol. The summed E-state index contributed by atoms with van der Waals surface area (Å²) in [5.41, 5.74) is 3.35. The number of benzene rings is 2. The summed E-state index contributed by atoms with van der Waals surface area (Å²) >= 11 is 11.5. The molecule has 1 heterocycles. The molecule has 1 amide bonds. The molecule has 37 heavy (non-hydrogen) atoms. The normalized spacial score (nSPS) is 14.7. The number of unbranched alkanes of at least 4 members (excludes halogenated alkanes) is 1. The lowest BCUT2D eigenvalue weighted by Gasteiger charge is -2.33. The summed E-state index contributed by atoms with van der Waals surface area (Å²) < 4.78 is 3.86. The quantitative estimate of drug-likeness (QED) is 0.203. The minimum atomic E-state index is -1.80. The Bertz CT molecular complexity index is 1010. The SMILES string of the molecule is CCCCC(NC(=O)Cc1ccc(OCCCC(Cl)(Cl)C(=O)O)cc1)c1ccccc1N1CCCCC1. The van der Waals surface area contributed by atoms with E-state index in [2.05, 4.69) is 41.4 Å². The van der Waals surface area contributed by atoms with Crippen molar-refractivity contribution in [2.75, 3.05) is 24.6 Å². The molecule has 3 rings (SSSR count). The monoisotopic (exact) mass is 548 g/mol. The van der Waals surface area contributed by atoms with Crippen molar-refractivity contribution in [1.82, 2.24) is 5.32 Å². The number of carboxylic acids is 1. The zero-order valence-corrected chi connectivity index (χ0v) is 23.1. The fraction of sp³-hybridized carbons (Fsp3) is 0.517. The second-order valence-corrected chi connectivity index (χ2v) is 11.1. The number of ether oxygens (including phenoxy) is 1. The number of anilines is 1. The van der Waals surface area contributed by atoms with Crippen molar-refractivity contribution in [3.8, 4) is 5.75 Å². The minimum absolute atomic E-state index is 0.00236. The number of nitrogens with one attached hydrogen (secondary N) is 1. The van der Waals surface area contributed by atoms with Gasteiger partial charge in [-0.25, -0.2) is 4.79 Å². The van der Waals surface area contributed by atoms with Crippen LogP contribution in [0.1, 0.15) is 75.5 Å². The van der Waals surface area contributed by atoms with Crippen LogP contribution in [-0.2, 0) is 16.0 Å². The number of carbonyl (C=O) groups excluding carboxylic acids is 1. The number of piperidine rings is 1. The Labute approximate surface area is 230 Å². The van der Waals surface area contributed by atoms with E-state index in [1.54, 1.807) is 0 Å². The van der Waals surface area contributed by atoms with Crippen molar-refractivity contribution < 1.29 is 19.4 Å².